The van der Waals surface area contributed by atoms with E-state index in [2.05, 4.69) is 17.3 Å². The third kappa shape index (κ3) is 3.81. The van der Waals surface area contributed by atoms with Crippen LogP contribution in [0.1, 0.15) is 31.2 Å². The minimum Gasteiger partial charge on any atom is -0.361 e. The van der Waals surface area contributed by atoms with Gasteiger partial charge in [0.05, 0.1) is 11.8 Å². The summed E-state index contributed by atoms with van der Waals surface area (Å²) in [4.78, 5) is 0. The van der Waals surface area contributed by atoms with Crippen molar-refractivity contribution in [3.8, 4) is 12.1 Å². The lowest BCUT2D eigenvalue weighted by molar-refractivity contribution is 0.0308. The fourth-order valence-corrected chi connectivity index (χ4v) is 2.37. The van der Waals surface area contributed by atoms with Crippen molar-refractivity contribution in [1.29, 1.82) is 10.5 Å². The van der Waals surface area contributed by atoms with Gasteiger partial charge in [0.1, 0.15) is 11.8 Å². The van der Waals surface area contributed by atoms with Crippen molar-refractivity contribution in [2.75, 3.05) is 6.61 Å². The summed E-state index contributed by atoms with van der Waals surface area (Å²) in [6, 6.07) is 6.19. The summed E-state index contributed by atoms with van der Waals surface area (Å²) in [5.41, 5.74) is 1.28. The lowest BCUT2D eigenvalue weighted by Gasteiger charge is -2.26. The van der Waals surface area contributed by atoms with Crippen LogP contribution in [0.25, 0.3) is 0 Å². The van der Waals surface area contributed by atoms with Crippen LogP contribution in [-0.2, 0) is 11.2 Å². The Balaban J connectivity index is 1.90. The van der Waals surface area contributed by atoms with Crippen molar-refractivity contribution >= 4 is 0 Å². The molecule has 5 nitrogen and oxygen atoms in total. The Bertz CT molecular complexity index is 658. The van der Waals surface area contributed by atoms with Gasteiger partial charge in [0.2, 0.25) is 0 Å². The van der Waals surface area contributed by atoms with Crippen molar-refractivity contribution in [3.05, 3.63) is 40.8 Å². The van der Waals surface area contributed by atoms with E-state index in [1.165, 1.54) is 0 Å². The van der Waals surface area contributed by atoms with Gasteiger partial charge in [-0.15, -0.1) is 0 Å². The standard InChI is InChI=1S/C16H17N3O2/c1-12-6-14(10-17)9-16(8-12,11-18)20-5-3-4-15-7-13(2)19-21-15/h6-8H,3-5,9H2,1-2H3. The van der Waals surface area contributed by atoms with Crippen LogP contribution in [0, 0.1) is 29.6 Å². The first kappa shape index (κ1) is 15.0. The molecular weight excluding hydrogens is 266 g/mol. The van der Waals surface area contributed by atoms with E-state index in [1.54, 1.807) is 12.2 Å². The Hall–Kier alpha value is -2.37. The van der Waals surface area contributed by atoms with Crippen LogP contribution in [0.2, 0.25) is 0 Å². The second kappa shape index (κ2) is 6.39. The predicted molar refractivity (Wildman–Crippen MR) is 75.9 cm³/mol. The second-order valence-corrected chi connectivity index (χ2v) is 5.23. The van der Waals surface area contributed by atoms with E-state index in [0.29, 0.717) is 25.0 Å². The van der Waals surface area contributed by atoms with E-state index < -0.39 is 5.60 Å². The fraction of sp³-hybridized carbons (Fsp3) is 0.438. The van der Waals surface area contributed by atoms with Crippen LogP contribution in [-0.4, -0.2) is 17.4 Å². The Morgan fingerprint density at radius 1 is 1.43 bits per heavy atom. The van der Waals surface area contributed by atoms with E-state index >= 15 is 0 Å². The van der Waals surface area contributed by atoms with Gasteiger partial charge in [-0.05, 0) is 32.4 Å². The number of ether oxygens (including phenoxy) is 1. The lowest BCUT2D eigenvalue weighted by atomic mass is 9.88. The number of nitrogens with zero attached hydrogens (tertiary/aromatic N) is 3. The van der Waals surface area contributed by atoms with Gasteiger partial charge in [0.15, 0.2) is 5.60 Å². The molecule has 108 valence electrons. The zero-order valence-electron chi connectivity index (χ0n) is 12.2. The van der Waals surface area contributed by atoms with Crippen molar-refractivity contribution in [2.45, 2.75) is 38.7 Å². The number of nitriles is 2. The maximum absolute atomic E-state index is 9.41. The molecule has 0 N–H and O–H groups in total. The first-order chi connectivity index (χ1) is 10.1. The summed E-state index contributed by atoms with van der Waals surface area (Å²) in [6.45, 7) is 4.17. The third-order valence-electron chi connectivity index (χ3n) is 3.25. The third-order valence-corrected chi connectivity index (χ3v) is 3.25. The van der Waals surface area contributed by atoms with Gasteiger partial charge in [0.25, 0.3) is 0 Å². The molecule has 0 saturated heterocycles. The molecule has 0 bridgehead atoms. The zero-order chi connectivity index (χ0) is 15.3. The minimum atomic E-state index is -1.03. The highest BCUT2D eigenvalue weighted by atomic mass is 16.5. The van der Waals surface area contributed by atoms with Crippen LogP contribution in [0.3, 0.4) is 0 Å². The van der Waals surface area contributed by atoms with Gasteiger partial charge >= 0.3 is 0 Å². The normalized spacial score (nSPS) is 21.1. The van der Waals surface area contributed by atoms with Gasteiger partial charge in [-0.3, -0.25) is 0 Å². The molecule has 5 heteroatoms. The number of hydrogen-bond donors (Lipinski definition) is 0. The van der Waals surface area contributed by atoms with Crippen LogP contribution >= 0.6 is 0 Å². The van der Waals surface area contributed by atoms with E-state index in [-0.39, 0.29) is 0 Å². The molecule has 1 aliphatic rings. The summed E-state index contributed by atoms with van der Waals surface area (Å²) in [7, 11) is 0. The monoisotopic (exact) mass is 283 g/mol. The van der Waals surface area contributed by atoms with Crippen molar-refractivity contribution in [1.82, 2.24) is 5.16 Å². The molecule has 0 aromatic carbocycles. The number of rotatable bonds is 5. The maximum atomic E-state index is 9.41. The Morgan fingerprint density at radius 2 is 2.24 bits per heavy atom. The molecule has 21 heavy (non-hydrogen) atoms. The average molecular weight is 283 g/mol. The summed E-state index contributed by atoms with van der Waals surface area (Å²) < 4.78 is 10.9. The molecule has 0 amide bonds. The Kier molecular flexibility index (Phi) is 4.57. The van der Waals surface area contributed by atoms with E-state index in [0.717, 1.165) is 23.4 Å². The number of aryl methyl sites for hydroxylation is 2. The smallest absolute Gasteiger partial charge is 0.177 e. The highest BCUT2D eigenvalue weighted by Crippen LogP contribution is 2.29. The molecule has 1 aromatic rings. The van der Waals surface area contributed by atoms with Gasteiger partial charge in [-0.25, -0.2) is 0 Å². The molecule has 1 atom stereocenters. The van der Waals surface area contributed by atoms with Crippen LogP contribution in [0.15, 0.2) is 33.9 Å². The molecule has 0 radical (unpaired) electrons. The Labute approximate surface area is 124 Å². The zero-order valence-corrected chi connectivity index (χ0v) is 12.2. The molecule has 0 fully saturated rings. The van der Waals surface area contributed by atoms with Gasteiger partial charge < -0.3 is 9.26 Å². The SMILES string of the molecule is CC1=CC(C#N)(OCCCc2cc(C)no2)CC(C#N)=C1. The second-order valence-electron chi connectivity index (χ2n) is 5.23. The summed E-state index contributed by atoms with van der Waals surface area (Å²) >= 11 is 0. The maximum Gasteiger partial charge on any atom is 0.177 e. The first-order valence-corrected chi connectivity index (χ1v) is 6.84. The van der Waals surface area contributed by atoms with Crippen molar-refractivity contribution in [2.24, 2.45) is 0 Å². The van der Waals surface area contributed by atoms with E-state index in [1.807, 2.05) is 19.9 Å². The van der Waals surface area contributed by atoms with E-state index in [9.17, 15) is 5.26 Å². The topological polar surface area (TPSA) is 82.8 Å². The molecule has 1 unspecified atom stereocenters. The van der Waals surface area contributed by atoms with Crippen LogP contribution < -0.4 is 0 Å². The van der Waals surface area contributed by atoms with Crippen molar-refractivity contribution < 1.29 is 9.26 Å². The van der Waals surface area contributed by atoms with Gasteiger partial charge in [-0.2, -0.15) is 10.5 Å². The summed E-state index contributed by atoms with van der Waals surface area (Å²) in [5.74, 6) is 0.815. The molecular formula is C16H17N3O2. The minimum absolute atomic E-state index is 0.304. The highest BCUT2D eigenvalue weighted by Gasteiger charge is 2.32. The fourth-order valence-electron chi connectivity index (χ4n) is 2.37. The molecule has 1 aromatic heterocycles. The average Bonchev–Trinajstić information content (AvgIpc) is 2.88. The highest BCUT2D eigenvalue weighted by molar-refractivity contribution is 5.42. The number of hydrogen-bond acceptors (Lipinski definition) is 5. The summed E-state index contributed by atoms with van der Waals surface area (Å²) in [6.07, 6.45) is 5.32. The molecule has 0 saturated carbocycles. The van der Waals surface area contributed by atoms with Crippen LogP contribution in [0.4, 0.5) is 0 Å². The predicted octanol–water partition coefficient (Wildman–Crippen LogP) is 2.99. The lowest BCUT2D eigenvalue weighted by Crippen LogP contribution is -2.31. The van der Waals surface area contributed by atoms with Gasteiger partial charge in [-0.1, -0.05) is 10.7 Å². The molecule has 1 aliphatic carbocycles. The molecule has 1 heterocycles. The first-order valence-electron chi connectivity index (χ1n) is 6.84. The van der Waals surface area contributed by atoms with E-state index in [4.69, 9.17) is 14.5 Å². The number of aromatic nitrogens is 1. The summed E-state index contributed by atoms with van der Waals surface area (Å²) in [5, 5.41) is 22.3. The van der Waals surface area contributed by atoms with Crippen LogP contribution in [0.5, 0.6) is 0 Å². The largest absolute Gasteiger partial charge is 0.361 e. The number of allylic oxidation sites excluding steroid dienone is 2. The quantitative estimate of drug-likeness (QED) is 0.776. The molecule has 0 aliphatic heterocycles. The molecule has 0 spiro atoms. The molecule has 2 rings (SSSR count). The Morgan fingerprint density at radius 3 is 2.86 bits per heavy atom. The van der Waals surface area contributed by atoms with Gasteiger partial charge in [0, 0.05) is 31.1 Å². The van der Waals surface area contributed by atoms with Crippen molar-refractivity contribution in [3.63, 3.8) is 0 Å².